The van der Waals surface area contributed by atoms with Crippen molar-refractivity contribution < 1.29 is 9.90 Å². The Bertz CT molecular complexity index is 540. The van der Waals surface area contributed by atoms with Crippen molar-refractivity contribution in [3.05, 3.63) is 46.4 Å². The lowest BCUT2D eigenvalue weighted by atomic mass is 10.1. The van der Waals surface area contributed by atoms with Gasteiger partial charge in [-0.25, -0.2) is 4.98 Å². The molecule has 5 heteroatoms. The van der Waals surface area contributed by atoms with Gasteiger partial charge in [0.05, 0.1) is 12.5 Å². The second-order valence-electron chi connectivity index (χ2n) is 4.20. The van der Waals surface area contributed by atoms with E-state index in [0.717, 1.165) is 11.4 Å². The molecule has 0 saturated heterocycles. The Morgan fingerprint density at radius 2 is 2.26 bits per heavy atom. The SMILES string of the molecule is CCC(NC(=O)Cc1ccccc1O)c1nccs1. The first-order valence-electron chi connectivity index (χ1n) is 6.16. The van der Waals surface area contributed by atoms with Crippen LogP contribution in [0.1, 0.15) is 30.0 Å². The molecule has 1 unspecified atom stereocenters. The van der Waals surface area contributed by atoms with Gasteiger partial charge >= 0.3 is 0 Å². The molecule has 0 spiro atoms. The fraction of sp³-hybridized carbons (Fsp3) is 0.286. The highest BCUT2D eigenvalue weighted by atomic mass is 32.1. The van der Waals surface area contributed by atoms with Gasteiger partial charge in [0, 0.05) is 17.1 Å². The quantitative estimate of drug-likeness (QED) is 0.882. The summed E-state index contributed by atoms with van der Waals surface area (Å²) < 4.78 is 0. The molecule has 0 aliphatic rings. The van der Waals surface area contributed by atoms with Crippen molar-refractivity contribution >= 4 is 17.2 Å². The van der Waals surface area contributed by atoms with Gasteiger partial charge < -0.3 is 10.4 Å². The van der Waals surface area contributed by atoms with Gasteiger partial charge in [0.15, 0.2) is 0 Å². The smallest absolute Gasteiger partial charge is 0.225 e. The van der Waals surface area contributed by atoms with Crippen LogP contribution in [0.25, 0.3) is 0 Å². The van der Waals surface area contributed by atoms with Crippen LogP contribution in [-0.2, 0) is 11.2 Å². The third kappa shape index (κ3) is 3.54. The van der Waals surface area contributed by atoms with E-state index < -0.39 is 0 Å². The molecule has 4 nitrogen and oxygen atoms in total. The highest BCUT2D eigenvalue weighted by Crippen LogP contribution is 2.20. The normalized spacial score (nSPS) is 12.1. The zero-order valence-corrected chi connectivity index (χ0v) is 11.5. The number of carbonyl (C=O) groups is 1. The van der Waals surface area contributed by atoms with Crippen LogP contribution in [0.3, 0.4) is 0 Å². The molecular formula is C14H16N2O2S. The van der Waals surface area contributed by atoms with Crippen LogP contribution in [0, 0.1) is 0 Å². The molecule has 2 aromatic rings. The van der Waals surface area contributed by atoms with Crippen LogP contribution in [-0.4, -0.2) is 16.0 Å². The number of amides is 1. The Hall–Kier alpha value is -1.88. The molecule has 1 aromatic heterocycles. The molecule has 0 fully saturated rings. The van der Waals surface area contributed by atoms with Gasteiger partial charge in [-0.05, 0) is 12.5 Å². The monoisotopic (exact) mass is 276 g/mol. The van der Waals surface area contributed by atoms with Gasteiger partial charge in [0.1, 0.15) is 10.8 Å². The van der Waals surface area contributed by atoms with Crippen molar-refractivity contribution in [3.8, 4) is 5.75 Å². The number of rotatable bonds is 5. The van der Waals surface area contributed by atoms with Gasteiger partial charge in [0.2, 0.25) is 5.91 Å². The topological polar surface area (TPSA) is 62.2 Å². The maximum Gasteiger partial charge on any atom is 0.225 e. The Morgan fingerprint density at radius 3 is 2.89 bits per heavy atom. The number of hydrogen-bond acceptors (Lipinski definition) is 4. The van der Waals surface area contributed by atoms with E-state index in [1.54, 1.807) is 30.5 Å². The zero-order valence-electron chi connectivity index (χ0n) is 10.7. The van der Waals surface area contributed by atoms with Crippen LogP contribution in [0.4, 0.5) is 0 Å². The summed E-state index contributed by atoms with van der Waals surface area (Å²) in [6.07, 6.45) is 2.70. The maximum absolute atomic E-state index is 12.0. The van der Waals surface area contributed by atoms with Crippen molar-refractivity contribution in [2.75, 3.05) is 0 Å². The number of phenols is 1. The first kappa shape index (κ1) is 13.5. The number of aromatic nitrogens is 1. The third-order valence-corrected chi connectivity index (χ3v) is 3.72. The molecular weight excluding hydrogens is 260 g/mol. The van der Waals surface area contributed by atoms with Crippen molar-refractivity contribution in [2.24, 2.45) is 0 Å². The second kappa shape index (κ2) is 6.33. The fourth-order valence-corrected chi connectivity index (χ4v) is 2.60. The van der Waals surface area contributed by atoms with E-state index >= 15 is 0 Å². The first-order chi connectivity index (χ1) is 9.20. The van der Waals surface area contributed by atoms with E-state index in [1.807, 2.05) is 12.3 Å². The molecule has 1 aromatic carbocycles. The van der Waals surface area contributed by atoms with E-state index in [1.165, 1.54) is 11.3 Å². The van der Waals surface area contributed by atoms with Crippen molar-refractivity contribution in [2.45, 2.75) is 25.8 Å². The average molecular weight is 276 g/mol. The summed E-state index contributed by atoms with van der Waals surface area (Å²) in [6.45, 7) is 2.01. The van der Waals surface area contributed by atoms with E-state index in [0.29, 0.717) is 5.56 Å². The number of para-hydroxylation sites is 1. The minimum atomic E-state index is -0.108. The lowest BCUT2D eigenvalue weighted by Gasteiger charge is -2.14. The van der Waals surface area contributed by atoms with Crippen molar-refractivity contribution in [1.29, 1.82) is 0 Å². The van der Waals surface area contributed by atoms with Gasteiger partial charge in [-0.15, -0.1) is 11.3 Å². The molecule has 1 atom stereocenters. The number of carbonyl (C=O) groups excluding carboxylic acids is 1. The van der Waals surface area contributed by atoms with Crippen LogP contribution in [0.5, 0.6) is 5.75 Å². The van der Waals surface area contributed by atoms with Crippen LogP contribution in [0.15, 0.2) is 35.8 Å². The highest BCUT2D eigenvalue weighted by Gasteiger charge is 2.15. The number of nitrogens with one attached hydrogen (secondary N) is 1. The summed E-state index contributed by atoms with van der Waals surface area (Å²) in [7, 11) is 0. The van der Waals surface area contributed by atoms with Crippen LogP contribution in [0.2, 0.25) is 0 Å². The van der Waals surface area contributed by atoms with Gasteiger partial charge in [-0.1, -0.05) is 25.1 Å². The van der Waals surface area contributed by atoms with Crippen LogP contribution < -0.4 is 5.32 Å². The number of benzene rings is 1. The lowest BCUT2D eigenvalue weighted by Crippen LogP contribution is -2.29. The van der Waals surface area contributed by atoms with Crippen molar-refractivity contribution in [3.63, 3.8) is 0 Å². The summed E-state index contributed by atoms with van der Waals surface area (Å²) >= 11 is 1.53. The Kier molecular flexibility index (Phi) is 4.52. The molecule has 100 valence electrons. The molecule has 0 bridgehead atoms. The number of nitrogens with zero attached hydrogens (tertiary/aromatic N) is 1. The summed E-state index contributed by atoms with van der Waals surface area (Å²) in [5, 5.41) is 15.4. The fourth-order valence-electron chi connectivity index (χ4n) is 1.82. The molecule has 19 heavy (non-hydrogen) atoms. The average Bonchev–Trinajstić information content (AvgIpc) is 2.92. The van der Waals surface area contributed by atoms with Gasteiger partial charge in [-0.2, -0.15) is 0 Å². The molecule has 1 heterocycles. The predicted octanol–water partition coefficient (Wildman–Crippen LogP) is 2.66. The van der Waals surface area contributed by atoms with Gasteiger partial charge in [0.25, 0.3) is 0 Å². The number of aromatic hydroxyl groups is 1. The summed E-state index contributed by atoms with van der Waals surface area (Å²) in [4.78, 5) is 16.2. The molecule has 1 amide bonds. The number of phenolic OH excluding ortho intramolecular Hbond substituents is 1. The van der Waals surface area contributed by atoms with E-state index in [9.17, 15) is 9.90 Å². The molecule has 2 N–H and O–H groups in total. The highest BCUT2D eigenvalue weighted by molar-refractivity contribution is 7.09. The summed E-state index contributed by atoms with van der Waals surface area (Å²) in [5.74, 6) is 0.0449. The maximum atomic E-state index is 12.0. The zero-order chi connectivity index (χ0) is 13.7. The summed E-state index contributed by atoms with van der Waals surface area (Å²) in [6, 6.07) is 6.82. The second-order valence-corrected chi connectivity index (χ2v) is 5.13. The molecule has 0 radical (unpaired) electrons. The minimum Gasteiger partial charge on any atom is -0.508 e. The summed E-state index contributed by atoms with van der Waals surface area (Å²) in [5.41, 5.74) is 0.633. The van der Waals surface area contributed by atoms with E-state index in [4.69, 9.17) is 0 Å². The molecule has 0 aliphatic heterocycles. The van der Waals surface area contributed by atoms with Crippen molar-refractivity contribution in [1.82, 2.24) is 10.3 Å². The minimum absolute atomic E-state index is 0.0571. The Balaban J connectivity index is 1.99. The van der Waals surface area contributed by atoms with Gasteiger partial charge in [-0.3, -0.25) is 4.79 Å². The standard InChI is InChI=1S/C14H16N2O2S/c1-2-11(14-15-7-8-19-14)16-13(18)9-10-5-3-4-6-12(10)17/h3-8,11,17H,2,9H2,1H3,(H,16,18). The van der Waals surface area contributed by atoms with E-state index in [2.05, 4.69) is 10.3 Å². The molecule has 0 aliphatic carbocycles. The molecule has 2 rings (SSSR count). The first-order valence-corrected chi connectivity index (χ1v) is 7.04. The Labute approximate surface area is 116 Å². The Morgan fingerprint density at radius 1 is 1.47 bits per heavy atom. The lowest BCUT2D eigenvalue weighted by molar-refractivity contribution is -0.121. The predicted molar refractivity (Wildman–Crippen MR) is 75.1 cm³/mol. The number of hydrogen-bond donors (Lipinski definition) is 2. The third-order valence-electron chi connectivity index (χ3n) is 2.84. The van der Waals surface area contributed by atoms with E-state index in [-0.39, 0.29) is 24.1 Å². The largest absolute Gasteiger partial charge is 0.508 e. The van der Waals surface area contributed by atoms with Crippen LogP contribution >= 0.6 is 11.3 Å². The number of thiazole rings is 1. The molecule has 0 saturated carbocycles.